The van der Waals surface area contributed by atoms with Gasteiger partial charge in [0, 0.05) is 18.7 Å². The van der Waals surface area contributed by atoms with Crippen molar-refractivity contribution in [2.45, 2.75) is 38.1 Å². The second-order valence-electron chi connectivity index (χ2n) is 6.05. The number of benzene rings is 1. The molecular formula is C18H21N3O2. The average molecular weight is 311 g/mol. The van der Waals surface area contributed by atoms with Crippen LogP contribution in [-0.2, 0) is 11.2 Å². The lowest BCUT2D eigenvalue weighted by atomic mass is 9.86. The highest BCUT2D eigenvalue weighted by Gasteiger charge is 2.25. The number of nitrogens with one attached hydrogen (secondary N) is 1. The van der Waals surface area contributed by atoms with E-state index in [0.717, 1.165) is 37.3 Å². The number of aromatic nitrogens is 2. The summed E-state index contributed by atoms with van der Waals surface area (Å²) in [5.74, 6) is 0.757. The lowest BCUT2D eigenvalue weighted by Crippen LogP contribution is -2.29. The molecule has 0 amide bonds. The smallest absolute Gasteiger partial charge is 0.306 e. The Hall–Kier alpha value is -2.43. The first-order valence-corrected chi connectivity index (χ1v) is 8.06. The second-order valence-corrected chi connectivity index (χ2v) is 6.05. The van der Waals surface area contributed by atoms with Crippen LogP contribution in [0.25, 0.3) is 0 Å². The van der Waals surface area contributed by atoms with E-state index in [1.165, 1.54) is 5.56 Å². The number of aliphatic carboxylic acids is 1. The highest BCUT2D eigenvalue weighted by Crippen LogP contribution is 2.26. The molecule has 1 fully saturated rings. The summed E-state index contributed by atoms with van der Waals surface area (Å²) in [4.78, 5) is 19.9. The summed E-state index contributed by atoms with van der Waals surface area (Å²) >= 11 is 0. The van der Waals surface area contributed by atoms with E-state index in [4.69, 9.17) is 5.11 Å². The van der Waals surface area contributed by atoms with Gasteiger partial charge in [0.2, 0.25) is 0 Å². The Labute approximate surface area is 135 Å². The fourth-order valence-electron chi connectivity index (χ4n) is 3.04. The molecule has 120 valence electrons. The van der Waals surface area contributed by atoms with Crippen molar-refractivity contribution in [1.29, 1.82) is 0 Å². The maximum atomic E-state index is 11.0. The molecule has 1 heterocycles. The van der Waals surface area contributed by atoms with Crippen LogP contribution >= 0.6 is 0 Å². The maximum absolute atomic E-state index is 11.0. The van der Waals surface area contributed by atoms with Gasteiger partial charge in [-0.15, -0.1) is 0 Å². The Kier molecular flexibility index (Phi) is 4.86. The van der Waals surface area contributed by atoms with Crippen LogP contribution in [0.3, 0.4) is 0 Å². The number of nitrogens with zero attached hydrogens (tertiary/aromatic N) is 2. The predicted molar refractivity (Wildman–Crippen MR) is 88.3 cm³/mol. The van der Waals surface area contributed by atoms with Gasteiger partial charge in [-0.25, -0.2) is 9.97 Å². The van der Waals surface area contributed by atoms with E-state index in [0.29, 0.717) is 12.5 Å². The van der Waals surface area contributed by atoms with E-state index >= 15 is 0 Å². The van der Waals surface area contributed by atoms with Gasteiger partial charge in [0.25, 0.3) is 0 Å². The number of hydrogen-bond acceptors (Lipinski definition) is 4. The first-order chi connectivity index (χ1) is 11.2. The first-order valence-electron chi connectivity index (χ1n) is 8.06. The summed E-state index contributed by atoms with van der Waals surface area (Å²) in [5, 5.41) is 12.5. The van der Waals surface area contributed by atoms with Gasteiger partial charge in [0.05, 0.1) is 5.92 Å². The monoisotopic (exact) mass is 311 g/mol. The minimum Gasteiger partial charge on any atom is -0.481 e. The predicted octanol–water partition coefficient (Wildman–Crippen LogP) is 3.12. The Balaban J connectivity index is 1.59. The highest BCUT2D eigenvalue weighted by molar-refractivity contribution is 5.70. The molecule has 0 spiro atoms. The molecule has 3 rings (SSSR count). The van der Waals surface area contributed by atoms with Crippen molar-refractivity contribution in [3.8, 4) is 0 Å². The maximum Gasteiger partial charge on any atom is 0.306 e. The van der Waals surface area contributed by atoms with E-state index in [-0.39, 0.29) is 5.92 Å². The van der Waals surface area contributed by atoms with Gasteiger partial charge in [0.15, 0.2) is 0 Å². The molecule has 0 radical (unpaired) electrons. The Bertz CT molecular complexity index is 652. The van der Waals surface area contributed by atoms with Crippen LogP contribution in [0.4, 0.5) is 5.82 Å². The fourth-order valence-corrected chi connectivity index (χ4v) is 3.04. The zero-order valence-corrected chi connectivity index (χ0v) is 13.0. The third kappa shape index (κ3) is 4.28. The zero-order chi connectivity index (χ0) is 16.1. The molecule has 0 aliphatic heterocycles. The van der Waals surface area contributed by atoms with E-state index < -0.39 is 5.97 Å². The number of anilines is 1. The van der Waals surface area contributed by atoms with Gasteiger partial charge >= 0.3 is 5.97 Å². The number of carboxylic acid groups (broad SMARTS) is 1. The molecule has 0 atom stereocenters. The molecule has 1 aromatic carbocycles. The Morgan fingerprint density at radius 2 is 1.87 bits per heavy atom. The van der Waals surface area contributed by atoms with E-state index in [9.17, 15) is 4.79 Å². The lowest BCUT2D eigenvalue weighted by molar-refractivity contribution is -0.142. The molecule has 5 heteroatoms. The third-order valence-corrected chi connectivity index (χ3v) is 4.34. The molecular weight excluding hydrogens is 290 g/mol. The van der Waals surface area contributed by atoms with Gasteiger partial charge < -0.3 is 10.4 Å². The van der Waals surface area contributed by atoms with Crippen LogP contribution in [-0.4, -0.2) is 27.1 Å². The van der Waals surface area contributed by atoms with Crippen molar-refractivity contribution < 1.29 is 9.90 Å². The van der Waals surface area contributed by atoms with Gasteiger partial charge in [-0.3, -0.25) is 4.79 Å². The van der Waals surface area contributed by atoms with Crippen molar-refractivity contribution >= 4 is 11.8 Å². The minimum absolute atomic E-state index is 0.188. The normalized spacial score (nSPS) is 20.9. The summed E-state index contributed by atoms with van der Waals surface area (Å²) in [6.07, 6.45) is 5.69. The number of carboxylic acids is 1. The molecule has 1 aliphatic carbocycles. The van der Waals surface area contributed by atoms with Crippen molar-refractivity contribution in [2.24, 2.45) is 5.92 Å². The standard InChI is InChI=1S/C18H21N3O2/c22-18(23)14-6-8-15(9-7-14)20-16-10-11-19-17(21-16)12-13-4-2-1-3-5-13/h1-5,10-11,14-15H,6-9,12H2,(H,22,23)(H,19,20,21). The van der Waals surface area contributed by atoms with Crippen molar-refractivity contribution in [2.75, 3.05) is 5.32 Å². The quantitative estimate of drug-likeness (QED) is 0.887. The molecule has 23 heavy (non-hydrogen) atoms. The molecule has 1 aromatic heterocycles. The Morgan fingerprint density at radius 1 is 1.13 bits per heavy atom. The van der Waals surface area contributed by atoms with Crippen LogP contribution in [0.5, 0.6) is 0 Å². The van der Waals surface area contributed by atoms with Crippen LogP contribution in [0.15, 0.2) is 42.6 Å². The summed E-state index contributed by atoms with van der Waals surface area (Å²) in [7, 11) is 0. The summed E-state index contributed by atoms with van der Waals surface area (Å²) in [6, 6.07) is 12.3. The molecule has 0 unspecified atom stereocenters. The second kappa shape index (κ2) is 7.22. The van der Waals surface area contributed by atoms with Gasteiger partial charge in [-0.05, 0) is 37.3 Å². The largest absolute Gasteiger partial charge is 0.481 e. The van der Waals surface area contributed by atoms with Gasteiger partial charge in [0.1, 0.15) is 11.6 Å². The van der Waals surface area contributed by atoms with Crippen LogP contribution in [0, 0.1) is 5.92 Å². The zero-order valence-electron chi connectivity index (χ0n) is 13.0. The summed E-state index contributed by atoms with van der Waals surface area (Å²) in [5.41, 5.74) is 1.19. The van der Waals surface area contributed by atoms with E-state index in [1.807, 2.05) is 24.3 Å². The molecule has 1 saturated carbocycles. The Morgan fingerprint density at radius 3 is 2.57 bits per heavy atom. The van der Waals surface area contributed by atoms with Crippen molar-refractivity contribution in [1.82, 2.24) is 9.97 Å². The minimum atomic E-state index is -0.671. The average Bonchev–Trinajstić information content (AvgIpc) is 2.57. The lowest BCUT2D eigenvalue weighted by Gasteiger charge is -2.27. The number of hydrogen-bond donors (Lipinski definition) is 2. The topological polar surface area (TPSA) is 75.1 Å². The van der Waals surface area contributed by atoms with E-state index in [2.05, 4.69) is 27.4 Å². The number of rotatable bonds is 5. The molecule has 1 aliphatic rings. The van der Waals surface area contributed by atoms with E-state index in [1.54, 1.807) is 6.20 Å². The molecule has 2 N–H and O–H groups in total. The van der Waals surface area contributed by atoms with Crippen LogP contribution in [0.1, 0.15) is 37.1 Å². The van der Waals surface area contributed by atoms with Crippen LogP contribution < -0.4 is 5.32 Å². The molecule has 0 saturated heterocycles. The molecule has 5 nitrogen and oxygen atoms in total. The molecule has 2 aromatic rings. The summed E-state index contributed by atoms with van der Waals surface area (Å²) < 4.78 is 0. The van der Waals surface area contributed by atoms with Crippen molar-refractivity contribution in [3.05, 3.63) is 54.0 Å². The van der Waals surface area contributed by atoms with Gasteiger partial charge in [-0.1, -0.05) is 30.3 Å². The fraction of sp³-hybridized carbons (Fsp3) is 0.389. The molecule has 0 bridgehead atoms. The number of carbonyl (C=O) groups is 1. The summed E-state index contributed by atoms with van der Waals surface area (Å²) in [6.45, 7) is 0. The van der Waals surface area contributed by atoms with Crippen molar-refractivity contribution in [3.63, 3.8) is 0 Å². The third-order valence-electron chi connectivity index (χ3n) is 4.34. The first kappa shape index (κ1) is 15.5. The SMILES string of the molecule is O=C(O)C1CCC(Nc2ccnc(Cc3ccccc3)n2)CC1. The highest BCUT2D eigenvalue weighted by atomic mass is 16.4. The van der Waals surface area contributed by atoms with Gasteiger partial charge in [-0.2, -0.15) is 0 Å². The van der Waals surface area contributed by atoms with Crippen LogP contribution in [0.2, 0.25) is 0 Å².